The van der Waals surface area contributed by atoms with E-state index in [1.54, 1.807) is 12.3 Å². The first-order valence-corrected chi connectivity index (χ1v) is 4.86. The quantitative estimate of drug-likeness (QED) is 0.547. The number of hydrogen-bond donors (Lipinski definition) is 1. The Morgan fingerprint density at radius 2 is 2.46 bits per heavy atom. The molecule has 13 heavy (non-hydrogen) atoms. The van der Waals surface area contributed by atoms with Gasteiger partial charge in [-0.25, -0.2) is 9.97 Å². The molecule has 2 heterocycles. The lowest BCUT2D eigenvalue weighted by molar-refractivity contribution is 0.998. The van der Waals surface area contributed by atoms with Crippen LogP contribution >= 0.6 is 11.8 Å². The van der Waals surface area contributed by atoms with E-state index in [1.807, 2.05) is 12.3 Å². The van der Waals surface area contributed by atoms with E-state index in [0.29, 0.717) is 10.9 Å². The number of hydrogen-bond acceptors (Lipinski definition) is 4. The molecule has 0 unspecified atom stereocenters. The van der Waals surface area contributed by atoms with Crippen LogP contribution in [0.1, 0.15) is 5.69 Å². The van der Waals surface area contributed by atoms with Crippen LogP contribution in [0, 0.1) is 11.3 Å². The summed E-state index contributed by atoms with van der Waals surface area (Å²) in [6.07, 6.45) is 3.63. The predicted molar refractivity (Wildman–Crippen MR) is 50.4 cm³/mol. The van der Waals surface area contributed by atoms with Crippen molar-refractivity contribution in [1.29, 1.82) is 5.26 Å². The molecule has 5 heteroatoms. The first-order valence-electron chi connectivity index (χ1n) is 3.63. The van der Waals surface area contributed by atoms with Gasteiger partial charge in [-0.2, -0.15) is 5.26 Å². The summed E-state index contributed by atoms with van der Waals surface area (Å²) >= 11 is 1.48. The van der Waals surface area contributed by atoms with Crippen molar-refractivity contribution in [2.45, 2.75) is 5.16 Å². The molecule has 1 N–H and O–H groups in total. The normalized spacial score (nSPS) is 10.2. The molecule has 0 fully saturated rings. The number of H-pyrrole nitrogens is 1. The molecule has 0 atom stereocenters. The van der Waals surface area contributed by atoms with E-state index in [1.165, 1.54) is 11.8 Å². The van der Waals surface area contributed by atoms with Crippen LogP contribution in [0.2, 0.25) is 0 Å². The Balaban J connectivity index is 2.65. The monoisotopic (exact) mass is 190 g/mol. The minimum Gasteiger partial charge on any atom is -0.331 e. The minimum atomic E-state index is 0.516. The largest absolute Gasteiger partial charge is 0.331 e. The third-order valence-corrected chi connectivity index (χ3v) is 2.21. The first kappa shape index (κ1) is 8.08. The number of nitrogens with one attached hydrogen (secondary N) is 1. The van der Waals surface area contributed by atoms with Crippen molar-refractivity contribution in [2.75, 3.05) is 6.26 Å². The molecule has 2 rings (SSSR count). The summed E-state index contributed by atoms with van der Waals surface area (Å²) in [6, 6.07) is 3.76. The van der Waals surface area contributed by atoms with Crippen molar-refractivity contribution in [3.63, 3.8) is 0 Å². The van der Waals surface area contributed by atoms with E-state index < -0.39 is 0 Å². The summed E-state index contributed by atoms with van der Waals surface area (Å²) in [5.74, 6) is 0. The van der Waals surface area contributed by atoms with Gasteiger partial charge in [0.1, 0.15) is 17.4 Å². The molecular formula is C8H6N4S. The van der Waals surface area contributed by atoms with Crippen LogP contribution in [-0.2, 0) is 0 Å². The topological polar surface area (TPSA) is 65.4 Å². The highest BCUT2D eigenvalue weighted by molar-refractivity contribution is 7.98. The lowest BCUT2D eigenvalue weighted by Gasteiger charge is -1.92. The highest BCUT2D eigenvalue weighted by atomic mass is 32.2. The second-order valence-electron chi connectivity index (χ2n) is 2.46. The van der Waals surface area contributed by atoms with Crippen LogP contribution in [0.3, 0.4) is 0 Å². The summed E-state index contributed by atoms with van der Waals surface area (Å²) in [6.45, 7) is 0. The number of nitrogens with zero attached hydrogens (tertiary/aromatic N) is 3. The van der Waals surface area contributed by atoms with E-state index in [2.05, 4.69) is 15.0 Å². The SMILES string of the molecule is CSc1ncc2cc(C#N)[nH]c2n1. The Bertz CT molecular complexity index is 482. The van der Waals surface area contributed by atoms with Crippen LogP contribution in [0.15, 0.2) is 17.4 Å². The maximum Gasteiger partial charge on any atom is 0.189 e. The molecule has 2 aromatic rings. The van der Waals surface area contributed by atoms with Gasteiger partial charge in [-0.3, -0.25) is 0 Å². The van der Waals surface area contributed by atoms with Crippen molar-refractivity contribution in [3.8, 4) is 6.07 Å². The molecule has 0 amide bonds. The molecule has 0 aliphatic rings. The van der Waals surface area contributed by atoms with Gasteiger partial charge in [-0.1, -0.05) is 11.8 Å². The molecule has 0 bridgehead atoms. The number of aromatic amines is 1. The minimum absolute atomic E-state index is 0.516. The smallest absolute Gasteiger partial charge is 0.189 e. The molecule has 0 aromatic carbocycles. The van der Waals surface area contributed by atoms with Gasteiger partial charge in [0.25, 0.3) is 0 Å². The van der Waals surface area contributed by atoms with Crippen LogP contribution in [0.4, 0.5) is 0 Å². The Morgan fingerprint density at radius 1 is 1.62 bits per heavy atom. The fourth-order valence-electron chi connectivity index (χ4n) is 1.06. The van der Waals surface area contributed by atoms with Crippen molar-refractivity contribution in [2.24, 2.45) is 0 Å². The fraction of sp³-hybridized carbons (Fsp3) is 0.125. The Morgan fingerprint density at radius 3 is 3.15 bits per heavy atom. The van der Waals surface area contributed by atoms with E-state index in [-0.39, 0.29) is 0 Å². The van der Waals surface area contributed by atoms with Gasteiger partial charge in [0.15, 0.2) is 5.16 Å². The maximum atomic E-state index is 8.63. The van der Waals surface area contributed by atoms with Gasteiger partial charge in [-0.05, 0) is 12.3 Å². The molecular weight excluding hydrogens is 184 g/mol. The molecule has 0 radical (unpaired) electrons. The summed E-state index contributed by atoms with van der Waals surface area (Å²) in [5, 5.41) is 10.2. The number of fused-ring (bicyclic) bond motifs is 1. The van der Waals surface area contributed by atoms with Gasteiger partial charge in [0.05, 0.1) is 0 Å². The lowest BCUT2D eigenvalue weighted by atomic mass is 10.4. The standard InChI is InChI=1S/C8H6N4S/c1-13-8-10-4-5-2-6(3-9)11-7(5)12-8/h2,4H,1H3,(H,10,11,12). The second kappa shape index (κ2) is 3.07. The van der Waals surface area contributed by atoms with E-state index >= 15 is 0 Å². The summed E-state index contributed by atoms with van der Waals surface area (Å²) < 4.78 is 0. The average molecular weight is 190 g/mol. The highest BCUT2D eigenvalue weighted by Crippen LogP contribution is 2.15. The van der Waals surface area contributed by atoms with Gasteiger partial charge < -0.3 is 4.98 Å². The lowest BCUT2D eigenvalue weighted by Crippen LogP contribution is -1.84. The zero-order chi connectivity index (χ0) is 9.26. The maximum absolute atomic E-state index is 8.63. The van der Waals surface area contributed by atoms with E-state index in [4.69, 9.17) is 5.26 Å². The third-order valence-electron chi connectivity index (χ3n) is 1.65. The van der Waals surface area contributed by atoms with Gasteiger partial charge in [0, 0.05) is 11.6 Å². The van der Waals surface area contributed by atoms with Crippen molar-refractivity contribution >= 4 is 22.8 Å². The van der Waals surface area contributed by atoms with Crippen molar-refractivity contribution in [3.05, 3.63) is 18.0 Å². The summed E-state index contributed by atoms with van der Waals surface area (Å²) in [5.41, 5.74) is 1.23. The Labute approximate surface area is 79.0 Å². The molecule has 0 saturated carbocycles. The number of aromatic nitrogens is 3. The van der Waals surface area contributed by atoms with Crippen LogP contribution < -0.4 is 0 Å². The molecule has 2 aromatic heterocycles. The van der Waals surface area contributed by atoms with Gasteiger partial charge >= 0.3 is 0 Å². The van der Waals surface area contributed by atoms with Gasteiger partial charge in [0.2, 0.25) is 0 Å². The van der Waals surface area contributed by atoms with Crippen molar-refractivity contribution in [1.82, 2.24) is 15.0 Å². The highest BCUT2D eigenvalue weighted by Gasteiger charge is 2.02. The molecule has 0 saturated heterocycles. The van der Waals surface area contributed by atoms with Crippen molar-refractivity contribution < 1.29 is 0 Å². The van der Waals surface area contributed by atoms with Crippen LogP contribution in [-0.4, -0.2) is 21.2 Å². The predicted octanol–water partition coefficient (Wildman–Crippen LogP) is 1.55. The van der Waals surface area contributed by atoms with E-state index in [0.717, 1.165) is 11.0 Å². The van der Waals surface area contributed by atoms with Gasteiger partial charge in [-0.15, -0.1) is 0 Å². The number of thioether (sulfide) groups is 1. The molecule has 64 valence electrons. The number of nitriles is 1. The Hall–Kier alpha value is -1.54. The van der Waals surface area contributed by atoms with Crippen LogP contribution in [0.25, 0.3) is 11.0 Å². The second-order valence-corrected chi connectivity index (χ2v) is 3.23. The summed E-state index contributed by atoms with van der Waals surface area (Å²) in [7, 11) is 0. The Kier molecular flexibility index (Phi) is 1.91. The van der Waals surface area contributed by atoms with E-state index in [9.17, 15) is 0 Å². The third kappa shape index (κ3) is 1.36. The molecule has 4 nitrogen and oxygen atoms in total. The average Bonchev–Trinajstić information content (AvgIpc) is 2.58. The molecule has 0 spiro atoms. The fourth-order valence-corrected chi connectivity index (χ4v) is 1.40. The molecule has 0 aliphatic carbocycles. The summed E-state index contributed by atoms with van der Waals surface area (Å²) in [4.78, 5) is 11.2. The zero-order valence-electron chi connectivity index (χ0n) is 6.90. The molecule has 0 aliphatic heterocycles. The zero-order valence-corrected chi connectivity index (χ0v) is 7.72. The first-order chi connectivity index (χ1) is 6.33. The number of rotatable bonds is 1. The van der Waals surface area contributed by atoms with Crippen LogP contribution in [0.5, 0.6) is 0 Å².